The molecule has 1 aliphatic carbocycles. The summed E-state index contributed by atoms with van der Waals surface area (Å²) >= 11 is 0. The molecule has 1 aliphatic rings. The van der Waals surface area contributed by atoms with Gasteiger partial charge in [0.15, 0.2) is 17.5 Å². The van der Waals surface area contributed by atoms with Crippen molar-refractivity contribution in [2.75, 3.05) is 13.1 Å². The molecule has 0 heterocycles. The first kappa shape index (κ1) is 19.8. The van der Waals surface area contributed by atoms with Gasteiger partial charge in [-0.2, -0.15) is 0 Å². The first-order valence-corrected chi connectivity index (χ1v) is 7.74. The summed E-state index contributed by atoms with van der Waals surface area (Å²) < 4.78 is 39.0. The Balaban J connectivity index is 0.00000264. The number of hydrogen-bond acceptors (Lipinski definition) is 2. The van der Waals surface area contributed by atoms with Gasteiger partial charge in [-0.3, -0.25) is 4.79 Å². The van der Waals surface area contributed by atoms with Crippen LogP contribution in [0.3, 0.4) is 0 Å². The Morgan fingerprint density at radius 1 is 1.00 bits per heavy atom. The zero-order valence-corrected chi connectivity index (χ0v) is 13.7. The number of benzene rings is 1. The maximum absolute atomic E-state index is 13.1. The van der Waals surface area contributed by atoms with E-state index in [9.17, 15) is 18.0 Å². The highest BCUT2D eigenvalue weighted by atomic mass is 35.5. The normalized spacial score (nSPS) is 15.6. The van der Waals surface area contributed by atoms with Gasteiger partial charge in [0.25, 0.3) is 5.91 Å². The molecule has 0 spiro atoms. The molecule has 0 unspecified atom stereocenters. The molecule has 0 atom stereocenters. The summed E-state index contributed by atoms with van der Waals surface area (Å²) in [5.41, 5.74) is -0.217. The van der Waals surface area contributed by atoms with E-state index < -0.39 is 23.4 Å². The van der Waals surface area contributed by atoms with E-state index in [0.29, 0.717) is 31.3 Å². The van der Waals surface area contributed by atoms with Crippen molar-refractivity contribution < 1.29 is 18.0 Å². The Bertz CT molecular complexity index is 497. The highest BCUT2D eigenvalue weighted by Gasteiger charge is 2.15. The van der Waals surface area contributed by atoms with Crippen molar-refractivity contribution in [2.45, 2.75) is 44.6 Å². The SMILES string of the molecule is Cl.O=C(NCCNC1CCCCCC1)c1cc(F)c(F)c(F)c1. The van der Waals surface area contributed by atoms with Crippen molar-refractivity contribution in [3.8, 4) is 0 Å². The van der Waals surface area contributed by atoms with Crippen LogP contribution in [0.2, 0.25) is 0 Å². The molecule has 23 heavy (non-hydrogen) atoms. The molecule has 2 N–H and O–H groups in total. The van der Waals surface area contributed by atoms with E-state index in [1.165, 1.54) is 25.7 Å². The molecule has 130 valence electrons. The smallest absolute Gasteiger partial charge is 0.251 e. The molecule has 1 aromatic rings. The van der Waals surface area contributed by atoms with Gasteiger partial charge in [-0.25, -0.2) is 13.2 Å². The third-order valence-electron chi connectivity index (χ3n) is 3.94. The molecule has 1 aromatic carbocycles. The zero-order valence-electron chi connectivity index (χ0n) is 12.8. The summed E-state index contributed by atoms with van der Waals surface area (Å²) in [7, 11) is 0. The van der Waals surface area contributed by atoms with Gasteiger partial charge in [0.1, 0.15) is 0 Å². The lowest BCUT2D eigenvalue weighted by molar-refractivity contribution is 0.0952. The molecule has 0 aliphatic heterocycles. The maximum atomic E-state index is 13.1. The molecule has 1 amide bonds. The molecule has 0 bridgehead atoms. The van der Waals surface area contributed by atoms with E-state index in [4.69, 9.17) is 0 Å². The van der Waals surface area contributed by atoms with E-state index >= 15 is 0 Å². The number of hydrogen-bond donors (Lipinski definition) is 2. The summed E-state index contributed by atoms with van der Waals surface area (Å²) in [6.07, 6.45) is 7.27. The van der Waals surface area contributed by atoms with Crippen LogP contribution in [0.25, 0.3) is 0 Å². The minimum atomic E-state index is -1.56. The predicted octanol–water partition coefficient (Wildman–Crippen LogP) is 3.57. The van der Waals surface area contributed by atoms with Crippen molar-refractivity contribution in [3.63, 3.8) is 0 Å². The molecular weight excluding hydrogens is 329 g/mol. The molecular formula is C16H22ClF3N2O. The highest BCUT2D eigenvalue weighted by molar-refractivity contribution is 5.94. The van der Waals surface area contributed by atoms with Gasteiger partial charge in [-0.1, -0.05) is 25.7 Å². The Labute approximate surface area is 140 Å². The Morgan fingerprint density at radius 3 is 2.13 bits per heavy atom. The lowest BCUT2D eigenvalue weighted by Gasteiger charge is -2.16. The van der Waals surface area contributed by atoms with Crippen molar-refractivity contribution in [2.24, 2.45) is 0 Å². The second-order valence-electron chi connectivity index (χ2n) is 5.65. The molecule has 0 radical (unpaired) electrons. The number of amides is 1. The van der Waals surface area contributed by atoms with Crippen LogP contribution in [0.15, 0.2) is 12.1 Å². The second-order valence-corrected chi connectivity index (χ2v) is 5.65. The Kier molecular flexibility index (Phi) is 8.41. The monoisotopic (exact) mass is 350 g/mol. The third-order valence-corrected chi connectivity index (χ3v) is 3.94. The highest BCUT2D eigenvalue weighted by Crippen LogP contribution is 2.17. The van der Waals surface area contributed by atoms with Crippen LogP contribution in [0.1, 0.15) is 48.9 Å². The predicted molar refractivity (Wildman–Crippen MR) is 85.4 cm³/mol. The second kappa shape index (κ2) is 9.78. The van der Waals surface area contributed by atoms with Crippen molar-refractivity contribution >= 4 is 18.3 Å². The number of nitrogens with one attached hydrogen (secondary N) is 2. The number of rotatable bonds is 5. The van der Waals surface area contributed by atoms with Gasteiger partial charge in [0.2, 0.25) is 0 Å². The van der Waals surface area contributed by atoms with Crippen molar-refractivity contribution in [1.29, 1.82) is 0 Å². The molecule has 7 heteroatoms. The topological polar surface area (TPSA) is 41.1 Å². The largest absolute Gasteiger partial charge is 0.351 e. The van der Waals surface area contributed by atoms with Crippen LogP contribution in [0, 0.1) is 17.5 Å². The zero-order chi connectivity index (χ0) is 15.9. The summed E-state index contributed by atoms with van der Waals surface area (Å²) in [5, 5.41) is 5.95. The van der Waals surface area contributed by atoms with E-state index in [1.54, 1.807) is 0 Å². The van der Waals surface area contributed by atoms with E-state index in [1.807, 2.05) is 0 Å². The molecule has 0 aromatic heterocycles. The van der Waals surface area contributed by atoms with Gasteiger partial charge in [-0.15, -0.1) is 12.4 Å². The lowest BCUT2D eigenvalue weighted by Crippen LogP contribution is -2.37. The molecule has 0 saturated heterocycles. The van der Waals surface area contributed by atoms with E-state index in [2.05, 4.69) is 10.6 Å². The van der Waals surface area contributed by atoms with Crippen molar-refractivity contribution in [1.82, 2.24) is 10.6 Å². The molecule has 1 fully saturated rings. The standard InChI is InChI=1S/C16H21F3N2O.ClH/c17-13-9-11(10-14(18)15(13)19)16(22)21-8-7-20-12-5-3-1-2-4-6-12;/h9-10,12,20H,1-8H2,(H,21,22);1H. The fourth-order valence-corrected chi connectivity index (χ4v) is 2.72. The fraction of sp³-hybridized carbons (Fsp3) is 0.562. The summed E-state index contributed by atoms with van der Waals surface area (Å²) in [6.45, 7) is 0.957. The van der Waals surface area contributed by atoms with Gasteiger partial charge < -0.3 is 10.6 Å². The van der Waals surface area contributed by atoms with E-state index in [-0.39, 0.29) is 18.0 Å². The fourth-order valence-electron chi connectivity index (χ4n) is 2.72. The minimum Gasteiger partial charge on any atom is -0.351 e. The Hall–Kier alpha value is -1.27. The average molecular weight is 351 g/mol. The molecule has 2 rings (SSSR count). The first-order valence-electron chi connectivity index (χ1n) is 7.74. The van der Waals surface area contributed by atoms with Crippen LogP contribution in [-0.4, -0.2) is 25.0 Å². The summed E-state index contributed by atoms with van der Waals surface area (Å²) in [4.78, 5) is 11.8. The minimum absolute atomic E-state index is 0. The summed E-state index contributed by atoms with van der Waals surface area (Å²) in [6, 6.07) is 1.87. The van der Waals surface area contributed by atoms with Crippen molar-refractivity contribution in [3.05, 3.63) is 35.1 Å². The first-order chi connectivity index (χ1) is 10.6. The van der Waals surface area contributed by atoms with Crippen LogP contribution >= 0.6 is 12.4 Å². The number of carbonyl (C=O) groups excluding carboxylic acids is 1. The molecule has 3 nitrogen and oxygen atoms in total. The van der Waals surface area contributed by atoms with Crippen LogP contribution < -0.4 is 10.6 Å². The van der Waals surface area contributed by atoms with Gasteiger partial charge in [0, 0.05) is 24.7 Å². The quantitative estimate of drug-likeness (QED) is 0.484. The van der Waals surface area contributed by atoms with Gasteiger partial charge in [-0.05, 0) is 25.0 Å². The summed E-state index contributed by atoms with van der Waals surface area (Å²) in [5.74, 6) is -4.89. The van der Waals surface area contributed by atoms with E-state index in [0.717, 1.165) is 12.8 Å². The van der Waals surface area contributed by atoms with Gasteiger partial charge >= 0.3 is 0 Å². The maximum Gasteiger partial charge on any atom is 0.251 e. The Morgan fingerprint density at radius 2 is 1.57 bits per heavy atom. The van der Waals surface area contributed by atoms with Crippen LogP contribution in [0.5, 0.6) is 0 Å². The van der Waals surface area contributed by atoms with Gasteiger partial charge in [0.05, 0.1) is 0 Å². The number of halogens is 4. The lowest BCUT2D eigenvalue weighted by atomic mass is 10.1. The third kappa shape index (κ3) is 6.03. The van der Waals surface area contributed by atoms with Crippen LogP contribution in [0.4, 0.5) is 13.2 Å². The molecule has 1 saturated carbocycles. The number of carbonyl (C=O) groups is 1. The van der Waals surface area contributed by atoms with Crippen LogP contribution in [-0.2, 0) is 0 Å². The average Bonchev–Trinajstić information content (AvgIpc) is 2.77.